The third kappa shape index (κ3) is 4.79. The van der Waals surface area contributed by atoms with E-state index in [9.17, 15) is 14.4 Å². The summed E-state index contributed by atoms with van der Waals surface area (Å²) in [7, 11) is 4.59. The number of hydrogen-bond acceptors (Lipinski definition) is 4. The monoisotopic (exact) mass is 294 g/mol. The topological polar surface area (TPSA) is 87.2 Å². The molecule has 7 heteroatoms. The lowest BCUT2D eigenvalue weighted by Gasteiger charge is -2.17. The predicted molar refractivity (Wildman–Crippen MR) is 75.2 cm³/mol. The molecule has 0 heterocycles. The van der Waals surface area contributed by atoms with E-state index in [1.54, 1.807) is 32.3 Å². The zero-order valence-corrected chi connectivity index (χ0v) is 12.2. The normalized spacial score (nSPS) is 9.86. The molecule has 0 spiro atoms. The van der Waals surface area contributed by atoms with Gasteiger partial charge in [0.15, 0.2) is 6.61 Å². The van der Waals surface area contributed by atoms with Crippen molar-refractivity contribution in [1.82, 2.24) is 9.80 Å². The molecule has 0 aliphatic heterocycles. The highest BCUT2D eigenvalue weighted by Gasteiger charge is 2.19. The van der Waals surface area contributed by atoms with Crippen molar-refractivity contribution in [2.45, 2.75) is 0 Å². The van der Waals surface area contributed by atoms with Gasteiger partial charge in [0, 0.05) is 21.1 Å². The van der Waals surface area contributed by atoms with Crippen LogP contribution in [0.2, 0.25) is 0 Å². The summed E-state index contributed by atoms with van der Waals surface area (Å²) in [5, 5.41) is 8.71. The predicted octanol–water partition coefficient (Wildman–Crippen LogP) is 0.310. The average Bonchev–Trinajstić information content (AvgIpc) is 2.43. The van der Waals surface area contributed by atoms with Gasteiger partial charge in [-0.25, -0.2) is 0 Å². The fraction of sp³-hybridized carbons (Fsp3) is 0.357. The van der Waals surface area contributed by atoms with E-state index in [0.29, 0.717) is 0 Å². The minimum atomic E-state index is -1.10. The van der Waals surface area contributed by atoms with Crippen LogP contribution in [0.25, 0.3) is 0 Å². The van der Waals surface area contributed by atoms with Crippen LogP contribution < -0.4 is 4.74 Å². The molecule has 0 unspecified atom stereocenters. The Bertz CT molecular complexity index is 542. The molecular weight excluding hydrogens is 276 g/mol. The van der Waals surface area contributed by atoms with Crippen molar-refractivity contribution >= 4 is 17.8 Å². The molecule has 1 aromatic rings. The van der Waals surface area contributed by atoms with Gasteiger partial charge in [0.2, 0.25) is 0 Å². The molecule has 1 N–H and O–H groups in total. The van der Waals surface area contributed by atoms with Gasteiger partial charge in [-0.1, -0.05) is 12.1 Å². The maximum absolute atomic E-state index is 12.2. The number of carbonyl (C=O) groups is 3. The number of nitrogens with zero attached hydrogens (tertiary/aromatic N) is 2. The first-order valence-corrected chi connectivity index (χ1v) is 6.22. The van der Waals surface area contributed by atoms with Crippen molar-refractivity contribution in [3.63, 3.8) is 0 Å². The minimum Gasteiger partial charge on any atom is -0.483 e. The van der Waals surface area contributed by atoms with Gasteiger partial charge in [-0.3, -0.25) is 14.4 Å². The van der Waals surface area contributed by atoms with E-state index in [4.69, 9.17) is 9.84 Å². The summed E-state index contributed by atoms with van der Waals surface area (Å²) in [5.74, 6) is -1.58. The van der Waals surface area contributed by atoms with Crippen molar-refractivity contribution in [3.8, 4) is 5.75 Å². The Labute approximate surface area is 122 Å². The molecule has 1 rings (SSSR count). The van der Waals surface area contributed by atoms with Crippen molar-refractivity contribution < 1.29 is 24.2 Å². The van der Waals surface area contributed by atoms with Gasteiger partial charge in [0.05, 0.1) is 5.56 Å². The number of carboxylic acid groups (broad SMARTS) is 1. The second-order valence-corrected chi connectivity index (χ2v) is 4.63. The molecule has 0 saturated carbocycles. The van der Waals surface area contributed by atoms with Crippen LogP contribution in [-0.4, -0.2) is 67.0 Å². The van der Waals surface area contributed by atoms with Gasteiger partial charge in [-0.15, -0.1) is 0 Å². The van der Waals surface area contributed by atoms with Crippen LogP contribution in [0.3, 0.4) is 0 Å². The smallest absolute Gasteiger partial charge is 0.323 e. The molecular formula is C14H18N2O5. The highest BCUT2D eigenvalue weighted by molar-refractivity contribution is 5.98. The second kappa shape index (κ2) is 7.28. The lowest BCUT2D eigenvalue weighted by atomic mass is 10.2. The molecule has 0 aliphatic rings. The first-order chi connectivity index (χ1) is 9.82. The Kier molecular flexibility index (Phi) is 5.71. The Balaban J connectivity index is 2.86. The van der Waals surface area contributed by atoms with E-state index in [1.807, 2.05) is 0 Å². The zero-order chi connectivity index (χ0) is 16.0. The molecule has 2 amide bonds. The van der Waals surface area contributed by atoms with Crippen LogP contribution in [0, 0.1) is 0 Å². The summed E-state index contributed by atoms with van der Waals surface area (Å²) >= 11 is 0. The molecule has 0 fully saturated rings. The third-order valence-corrected chi connectivity index (χ3v) is 2.69. The summed E-state index contributed by atoms with van der Waals surface area (Å²) in [6.07, 6.45) is 0. The van der Waals surface area contributed by atoms with E-state index in [0.717, 1.165) is 4.90 Å². The summed E-state index contributed by atoms with van der Waals surface area (Å²) in [5.41, 5.74) is 0.216. The number of likely N-dealkylation sites (N-methyl/N-ethyl adjacent to an activating group) is 2. The van der Waals surface area contributed by atoms with Gasteiger partial charge in [-0.2, -0.15) is 0 Å². The Hall–Kier alpha value is -2.57. The Morgan fingerprint density at radius 1 is 1.14 bits per heavy atom. The van der Waals surface area contributed by atoms with Gasteiger partial charge >= 0.3 is 5.97 Å². The number of carbonyl (C=O) groups excluding carboxylic acids is 2. The van der Waals surface area contributed by atoms with Crippen LogP contribution in [0.15, 0.2) is 24.3 Å². The maximum atomic E-state index is 12.2. The molecule has 114 valence electrons. The second-order valence-electron chi connectivity index (χ2n) is 4.63. The molecule has 0 saturated heterocycles. The fourth-order valence-electron chi connectivity index (χ4n) is 1.52. The number of rotatable bonds is 6. The summed E-state index contributed by atoms with van der Waals surface area (Å²) in [6.45, 7) is -0.607. The largest absolute Gasteiger partial charge is 0.483 e. The number of hydrogen-bond donors (Lipinski definition) is 1. The summed E-state index contributed by atoms with van der Waals surface area (Å²) < 4.78 is 5.35. The Morgan fingerprint density at radius 2 is 1.76 bits per heavy atom. The molecule has 1 aromatic carbocycles. The molecule has 0 aromatic heterocycles. The van der Waals surface area contributed by atoms with E-state index in [-0.39, 0.29) is 23.8 Å². The third-order valence-electron chi connectivity index (χ3n) is 2.69. The number of amides is 2. The van der Waals surface area contributed by atoms with Crippen LogP contribution in [-0.2, 0) is 9.59 Å². The summed E-state index contributed by atoms with van der Waals surface area (Å²) in [4.78, 5) is 36.8. The maximum Gasteiger partial charge on any atom is 0.323 e. The molecule has 7 nitrogen and oxygen atoms in total. The van der Waals surface area contributed by atoms with E-state index < -0.39 is 18.4 Å². The van der Waals surface area contributed by atoms with Gasteiger partial charge in [-0.05, 0) is 12.1 Å². The number of carboxylic acids is 1. The van der Waals surface area contributed by atoms with Crippen molar-refractivity contribution in [2.75, 3.05) is 34.3 Å². The first-order valence-electron chi connectivity index (χ1n) is 6.22. The van der Waals surface area contributed by atoms with Crippen LogP contribution in [0.1, 0.15) is 10.4 Å². The summed E-state index contributed by atoms with van der Waals surface area (Å²) in [6, 6.07) is 6.40. The fourth-order valence-corrected chi connectivity index (χ4v) is 1.52. The zero-order valence-electron chi connectivity index (χ0n) is 12.2. The van der Waals surface area contributed by atoms with Gasteiger partial charge < -0.3 is 19.6 Å². The van der Waals surface area contributed by atoms with E-state index in [1.165, 1.54) is 18.0 Å². The van der Waals surface area contributed by atoms with Crippen molar-refractivity contribution in [1.29, 1.82) is 0 Å². The van der Waals surface area contributed by atoms with Crippen LogP contribution in [0.5, 0.6) is 5.75 Å². The van der Waals surface area contributed by atoms with Gasteiger partial charge in [0.1, 0.15) is 12.3 Å². The molecule has 0 bridgehead atoms. The number of para-hydroxylation sites is 1. The van der Waals surface area contributed by atoms with Crippen molar-refractivity contribution in [2.24, 2.45) is 0 Å². The molecule has 0 aliphatic carbocycles. The van der Waals surface area contributed by atoms with Crippen LogP contribution in [0.4, 0.5) is 0 Å². The first kappa shape index (κ1) is 16.5. The lowest BCUT2D eigenvalue weighted by molar-refractivity contribution is -0.137. The van der Waals surface area contributed by atoms with Crippen molar-refractivity contribution in [3.05, 3.63) is 29.8 Å². The number of aliphatic carboxylic acids is 1. The standard InChI is InChI=1S/C14H18N2O5/c1-15(2)12(17)9-21-11-7-5-4-6-10(11)14(20)16(3)8-13(18)19/h4-7H,8-9H2,1-3H3,(H,18,19). The highest BCUT2D eigenvalue weighted by Crippen LogP contribution is 2.19. The van der Waals surface area contributed by atoms with Crippen LogP contribution >= 0.6 is 0 Å². The molecule has 21 heavy (non-hydrogen) atoms. The highest BCUT2D eigenvalue weighted by atomic mass is 16.5. The minimum absolute atomic E-state index is 0.195. The molecule has 0 radical (unpaired) electrons. The van der Waals surface area contributed by atoms with Gasteiger partial charge in [0.25, 0.3) is 11.8 Å². The lowest BCUT2D eigenvalue weighted by Crippen LogP contribution is -2.32. The number of benzene rings is 1. The quantitative estimate of drug-likeness (QED) is 0.816. The SMILES string of the molecule is CN(C)C(=O)COc1ccccc1C(=O)N(C)CC(=O)O. The van der Waals surface area contributed by atoms with E-state index >= 15 is 0 Å². The van der Waals surface area contributed by atoms with E-state index in [2.05, 4.69) is 0 Å². The Morgan fingerprint density at radius 3 is 2.33 bits per heavy atom. The molecule has 0 atom stereocenters. The number of ether oxygens (including phenoxy) is 1. The average molecular weight is 294 g/mol.